The first-order chi connectivity index (χ1) is 5.79. The average molecular weight is 183 g/mol. The smallest absolute Gasteiger partial charge is 0.127 e. The summed E-state index contributed by atoms with van der Waals surface area (Å²) in [7, 11) is 0. The molecule has 0 aromatic heterocycles. The summed E-state index contributed by atoms with van der Waals surface area (Å²) >= 11 is 1.72. The lowest BCUT2D eigenvalue weighted by molar-refractivity contribution is 0.583. The van der Waals surface area contributed by atoms with Gasteiger partial charge in [0.05, 0.1) is 0 Å². The quantitative estimate of drug-likeness (QED) is 0.720. The summed E-state index contributed by atoms with van der Waals surface area (Å²) in [5.41, 5.74) is 6.49. The standard InChI is InChI=1S/C9H10FNS/c10-7-4-2-1-3-6(7)9-8(11)5-12-9/h1-4,8-9H,5,11H2. The van der Waals surface area contributed by atoms with Crippen molar-refractivity contribution in [1.82, 2.24) is 0 Å². The maximum Gasteiger partial charge on any atom is 0.127 e. The van der Waals surface area contributed by atoms with E-state index in [1.54, 1.807) is 17.8 Å². The highest BCUT2D eigenvalue weighted by Crippen LogP contribution is 2.42. The minimum Gasteiger partial charge on any atom is -0.326 e. The van der Waals surface area contributed by atoms with Crippen LogP contribution in [0.1, 0.15) is 10.8 Å². The third kappa shape index (κ3) is 1.23. The molecule has 0 spiro atoms. The van der Waals surface area contributed by atoms with E-state index in [9.17, 15) is 4.39 Å². The van der Waals surface area contributed by atoms with Gasteiger partial charge in [-0.2, -0.15) is 11.8 Å². The zero-order valence-electron chi connectivity index (χ0n) is 6.53. The zero-order valence-corrected chi connectivity index (χ0v) is 7.35. The Kier molecular flexibility index (Phi) is 2.07. The summed E-state index contributed by atoms with van der Waals surface area (Å²) in [6, 6.07) is 6.98. The molecule has 2 atom stereocenters. The highest BCUT2D eigenvalue weighted by Gasteiger charge is 2.31. The Morgan fingerprint density at radius 2 is 2.17 bits per heavy atom. The molecule has 2 N–H and O–H groups in total. The number of nitrogens with two attached hydrogens (primary N) is 1. The summed E-state index contributed by atoms with van der Waals surface area (Å²) < 4.78 is 13.2. The van der Waals surface area contributed by atoms with Crippen molar-refractivity contribution in [3.8, 4) is 0 Å². The van der Waals surface area contributed by atoms with E-state index in [0.29, 0.717) is 0 Å². The van der Waals surface area contributed by atoms with Crippen molar-refractivity contribution >= 4 is 11.8 Å². The Morgan fingerprint density at radius 3 is 2.67 bits per heavy atom. The number of hydrogen-bond donors (Lipinski definition) is 1. The normalized spacial score (nSPS) is 28.2. The minimum absolute atomic E-state index is 0.131. The lowest BCUT2D eigenvalue weighted by Gasteiger charge is -2.33. The van der Waals surface area contributed by atoms with Gasteiger partial charge in [-0.15, -0.1) is 0 Å². The molecule has 0 radical (unpaired) electrons. The van der Waals surface area contributed by atoms with E-state index in [-0.39, 0.29) is 17.1 Å². The Balaban J connectivity index is 2.27. The van der Waals surface area contributed by atoms with Crippen LogP contribution in [-0.4, -0.2) is 11.8 Å². The fourth-order valence-electron chi connectivity index (χ4n) is 1.33. The molecule has 1 aromatic carbocycles. The molecule has 1 aliphatic rings. The van der Waals surface area contributed by atoms with E-state index in [1.807, 2.05) is 12.1 Å². The van der Waals surface area contributed by atoms with Crippen LogP contribution in [0.25, 0.3) is 0 Å². The van der Waals surface area contributed by atoms with Crippen molar-refractivity contribution in [2.75, 3.05) is 5.75 Å². The molecule has 64 valence electrons. The van der Waals surface area contributed by atoms with Gasteiger partial charge < -0.3 is 5.73 Å². The first kappa shape index (κ1) is 8.08. The van der Waals surface area contributed by atoms with Gasteiger partial charge in [-0.25, -0.2) is 4.39 Å². The van der Waals surface area contributed by atoms with Crippen molar-refractivity contribution in [1.29, 1.82) is 0 Å². The molecule has 0 saturated carbocycles. The minimum atomic E-state index is -0.134. The second-order valence-corrected chi connectivity index (χ2v) is 4.11. The van der Waals surface area contributed by atoms with E-state index >= 15 is 0 Å². The van der Waals surface area contributed by atoms with Crippen LogP contribution in [0.3, 0.4) is 0 Å². The number of benzene rings is 1. The van der Waals surface area contributed by atoms with Crippen molar-refractivity contribution in [3.63, 3.8) is 0 Å². The Morgan fingerprint density at radius 1 is 1.42 bits per heavy atom. The molecule has 12 heavy (non-hydrogen) atoms. The van der Waals surface area contributed by atoms with Gasteiger partial charge in [0.25, 0.3) is 0 Å². The predicted octanol–water partition coefficient (Wildman–Crippen LogP) is 1.94. The van der Waals surface area contributed by atoms with Gasteiger partial charge in [-0.3, -0.25) is 0 Å². The van der Waals surface area contributed by atoms with Gasteiger partial charge in [0.1, 0.15) is 5.82 Å². The van der Waals surface area contributed by atoms with E-state index in [0.717, 1.165) is 11.3 Å². The zero-order chi connectivity index (χ0) is 8.55. The first-order valence-electron chi connectivity index (χ1n) is 3.90. The Hall–Kier alpha value is -0.540. The molecule has 1 heterocycles. The summed E-state index contributed by atoms with van der Waals surface area (Å²) in [6.07, 6.45) is 0. The Bertz CT molecular complexity index is 290. The van der Waals surface area contributed by atoms with E-state index in [1.165, 1.54) is 6.07 Å². The summed E-state index contributed by atoms with van der Waals surface area (Å²) in [4.78, 5) is 0. The third-order valence-electron chi connectivity index (χ3n) is 2.07. The van der Waals surface area contributed by atoms with Crippen LogP contribution in [0.15, 0.2) is 24.3 Å². The van der Waals surface area contributed by atoms with Crippen molar-refractivity contribution in [2.24, 2.45) is 5.73 Å². The fraction of sp³-hybridized carbons (Fsp3) is 0.333. The summed E-state index contributed by atoms with van der Waals surface area (Å²) in [5, 5.41) is 0.172. The third-order valence-corrected chi connectivity index (χ3v) is 3.61. The van der Waals surface area contributed by atoms with Crippen LogP contribution in [-0.2, 0) is 0 Å². The number of hydrogen-bond acceptors (Lipinski definition) is 2. The largest absolute Gasteiger partial charge is 0.326 e. The van der Waals surface area contributed by atoms with Crippen LogP contribution in [0.4, 0.5) is 4.39 Å². The monoisotopic (exact) mass is 183 g/mol. The number of rotatable bonds is 1. The summed E-state index contributed by atoms with van der Waals surface area (Å²) in [6.45, 7) is 0. The van der Waals surface area contributed by atoms with Gasteiger partial charge in [-0.1, -0.05) is 18.2 Å². The highest BCUT2D eigenvalue weighted by atomic mass is 32.2. The molecule has 1 aliphatic heterocycles. The highest BCUT2D eigenvalue weighted by molar-refractivity contribution is 8.01. The van der Waals surface area contributed by atoms with Crippen LogP contribution in [0, 0.1) is 5.82 Å². The lowest BCUT2D eigenvalue weighted by Crippen LogP contribution is -2.38. The van der Waals surface area contributed by atoms with Gasteiger partial charge in [-0.05, 0) is 6.07 Å². The first-order valence-corrected chi connectivity index (χ1v) is 4.95. The summed E-state index contributed by atoms with van der Waals surface area (Å²) in [5.74, 6) is 0.809. The Labute approximate surface area is 75.1 Å². The molecule has 1 aromatic rings. The van der Waals surface area contributed by atoms with E-state index < -0.39 is 0 Å². The SMILES string of the molecule is NC1CSC1c1ccccc1F. The molecule has 0 amide bonds. The second-order valence-electron chi connectivity index (χ2n) is 2.94. The molecule has 2 rings (SSSR count). The van der Waals surface area contributed by atoms with Crippen LogP contribution >= 0.6 is 11.8 Å². The predicted molar refractivity (Wildman–Crippen MR) is 49.6 cm³/mol. The molecule has 3 heteroatoms. The lowest BCUT2D eigenvalue weighted by atomic mass is 10.1. The van der Waals surface area contributed by atoms with Gasteiger partial charge in [0, 0.05) is 22.6 Å². The van der Waals surface area contributed by atoms with Crippen molar-refractivity contribution in [2.45, 2.75) is 11.3 Å². The number of halogens is 1. The molecule has 0 aliphatic carbocycles. The van der Waals surface area contributed by atoms with Crippen LogP contribution in [0.5, 0.6) is 0 Å². The maximum atomic E-state index is 13.2. The van der Waals surface area contributed by atoms with Crippen LogP contribution < -0.4 is 5.73 Å². The van der Waals surface area contributed by atoms with E-state index in [4.69, 9.17) is 5.73 Å². The van der Waals surface area contributed by atoms with Gasteiger partial charge in [0.2, 0.25) is 0 Å². The molecule has 2 unspecified atom stereocenters. The topological polar surface area (TPSA) is 26.0 Å². The van der Waals surface area contributed by atoms with Crippen molar-refractivity contribution in [3.05, 3.63) is 35.6 Å². The molecular weight excluding hydrogens is 173 g/mol. The van der Waals surface area contributed by atoms with Gasteiger partial charge in [0.15, 0.2) is 0 Å². The molecular formula is C9H10FNS. The van der Waals surface area contributed by atoms with Crippen LogP contribution in [0.2, 0.25) is 0 Å². The second kappa shape index (κ2) is 3.07. The average Bonchev–Trinajstić information content (AvgIpc) is 2.06. The molecule has 1 fully saturated rings. The molecule has 0 bridgehead atoms. The maximum absolute atomic E-state index is 13.2. The molecule has 1 nitrogen and oxygen atoms in total. The van der Waals surface area contributed by atoms with Crippen molar-refractivity contribution < 1.29 is 4.39 Å². The fourth-order valence-corrected chi connectivity index (χ4v) is 2.31. The van der Waals surface area contributed by atoms with Gasteiger partial charge >= 0.3 is 0 Å². The number of thioether (sulfide) groups is 1. The molecule has 1 saturated heterocycles. The van der Waals surface area contributed by atoms with E-state index in [2.05, 4.69) is 0 Å².